The number of nitriles is 1. The molecule has 1 fully saturated rings. The molecule has 0 atom stereocenters. The van der Waals surface area contributed by atoms with E-state index in [1.165, 1.54) is 17.7 Å². The van der Waals surface area contributed by atoms with Crippen molar-refractivity contribution >= 4 is 57.2 Å². The SMILES string of the molecule is C1COCCO1.Cl.N#Cc1cc(F)cc(Cl)c1-c1nc2ccnc(Nc3cc(CO)ncn3)c2s1. The van der Waals surface area contributed by atoms with Crippen LogP contribution in [0.25, 0.3) is 20.8 Å². The molecule has 13 heteroatoms. The predicted octanol–water partition coefficient (Wildman–Crippen LogP) is 4.50. The van der Waals surface area contributed by atoms with Crippen molar-refractivity contribution in [3.63, 3.8) is 0 Å². The summed E-state index contributed by atoms with van der Waals surface area (Å²) in [5.41, 5.74) is 1.59. The lowest BCUT2D eigenvalue weighted by atomic mass is 10.1. The monoisotopic (exact) mass is 536 g/mol. The first-order valence-corrected chi connectivity index (χ1v) is 11.3. The molecule has 2 N–H and O–H groups in total. The fraction of sp³-hybridized carbons (Fsp3) is 0.227. The number of hydrogen-bond acceptors (Lipinski definition) is 10. The molecule has 35 heavy (non-hydrogen) atoms. The molecule has 4 heterocycles. The second-order valence-electron chi connectivity index (χ2n) is 6.85. The average Bonchev–Trinajstić information content (AvgIpc) is 3.30. The molecule has 3 aromatic heterocycles. The highest BCUT2D eigenvalue weighted by Crippen LogP contribution is 2.39. The second-order valence-corrected chi connectivity index (χ2v) is 8.26. The number of ether oxygens (including phenoxy) is 2. The van der Waals surface area contributed by atoms with E-state index in [9.17, 15) is 14.8 Å². The molecule has 4 aromatic rings. The average molecular weight is 537 g/mol. The summed E-state index contributed by atoms with van der Waals surface area (Å²) in [5, 5.41) is 22.2. The lowest BCUT2D eigenvalue weighted by Gasteiger charge is -2.09. The Bertz CT molecular complexity index is 1340. The first kappa shape index (κ1) is 26.6. The number of aromatic nitrogens is 4. The Hall–Kier alpha value is -2.98. The smallest absolute Gasteiger partial charge is 0.151 e. The molecule has 1 aliphatic heterocycles. The molecule has 1 aromatic carbocycles. The van der Waals surface area contributed by atoms with Crippen LogP contribution in [-0.2, 0) is 16.1 Å². The van der Waals surface area contributed by atoms with E-state index in [4.69, 9.17) is 21.1 Å². The summed E-state index contributed by atoms with van der Waals surface area (Å²) in [5.74, 6) is 0.381. The Labute approximate surface area is 215 Å². The van der Waals surface area contributed by atoms with E-state index < -0.39 is 5.82 Å². The molecule has 9 nitrogen and oxygen atoms in total. The van der Waals surface area contributed by atoms with Gasteiger partial charge in [-0.3, -0.25) is 0 Å². The number of benzene rings is 1. The van der Waals surface area contributed by atoms with Crippen LogP contribution < -0.4 is 5.32 Å². The third-order valence-corrected chi connectivity index (χ3v) is 5.96. The fourth-order valence-electron chi connectivity index (χ4n) is 3.04. The van der Waals surface area contributed by atoms with Gasteiger partial charge in [-0.1, -0.05) is 11.6 Å². The van der Waals surface area contributed by atoms with Gasteiger partial charge in [0.25, 0.3) is 0 Å². The van der Waals surface area contributed by atoms with Crippen molar-refractivity contribution in [2.45, 2.75) is 6.61 Å². The van der Waals surface area contributed by atoms with Crippen LogP contribution in [0.3, 0.4) is 0 Å². The van der Waals surface area contributed by atoms with Gasteiger partial charge in [0.1, 0.15) is 29.0 Å². The van der Waals surface area contributed by atoms with Gasteiger partial charge in [-0.25, -0.2) is 24.3 Å². The molecule has 0 radical (unpaired) electrons. The minimum absolute atomic E-state index is 0. The molecule has 0 amide bonds. The van der Waals surface area contributed by atoms with Crippen molar-refractivity contribution < 1.29 is 19.0 Å². The van der Waals surface area contributed by atoms with Crippen molar-refractivity contribution in [1.82, 2.24) is 19.9 Å². The van der Waals surface area contributed by atoms with Gasteiger partial charge >= 0.3 is 0 Å². The van der Waals surface area contributed by atoms with Gasteiger partial charge < -0.3 is 19.9 Å². The topological polar surface area (TPSA) is 126 Å². The van der Waals surface area contributed by atoms with E-state index in [0.717, 1.165) is 38.6 Å². The number of pyridine rings is 1. The zero-order chi connectivity index (χ0) is 23.9. The zero-order valence-electron chi connectivity index (χ0n) is 18.1. The number of nitrogens with one attached hydrogen (secondary N) is 1. The Morgan fingerprint density at radius 2 is 1.89 bits per heavy atom. The molecule has 0 aliphatic carbocycles. The highest BCUT2D eigenvalue weighted by molar-refractivity contribution is 7.22. The summed E-state index contributed by atoms with van der Waals surface area (Å²) in [4.78, 5) is 16.9. The van der Waals surface area contributed by atoms with Crippen LogP contribution in [0.4, 0.5) is 16.0 Å². The van der Waals surface area contributed by atoms with E-state index in [1.54, 1.807) is 18.3 Å². The Morgan fingerprint density at radius 3 is 2.54 bits per heavy atom. The van der Waals surface area contributed by atoms with Crippen LogP contribution in [-0.4, -0.2) is 51.5 Å². The maximum atomic E-state index is 13.6. The molecular formula is C22H19Cl2FN6O3S. The summed E-state index contributed by atoms with van der Waals surface area (Å²) in [6, 6.07) is 7.57. The van der Waals surface area contributed by atoms with Crippen molar-refractivity contribution in [2.24, 2.45) is 0 Å². The van der Waals surface area contributed by atoms with Crippen LogP contribution in [0.1, 0.15) is 11.3 Å². The number of nitrogens with zero attached hydrogens (tertiary/aromatic N) is 5. The number of halogens is 3. The summed E-state index contributed by atoms with van der Waals surface area (Å²) in [6.07, 6.45) is 2.92. The molecule has 0 bridgehead atoms. The van der Waals surface area contributed by atoms with Gasteiger partial charge in [0.05, 0.1) is 59.5 Å². The van der Waals surface area contributed by atoms with Gasteiger partial charge in [0.2, 0.25) is 0 Å². The number of hydrogen-bond donors (Lipinski definition) is 2. The third-order valence-electron chi connectivity index (χ3n) is 4.57. The molecule has 182 valence electrons. The second kappa shape index (κ2) is 12.6. The number of anilines is 2. The Kier molecular flexibility index (Phi) is 9.62. The molecule has 0 spiro atoms. The fourth-order valence-corrected chi connectivity index (χ4v) is 4.47. The van der Waals surface area contributed by atoms with Crippen LogP contribution in [0, 0.1) is 17.1 Å². The standard InChI is InChI=1S/C18H10ClFN6OS.C4H8O2.ClH/c19-12-4-10(20)3-9(6-21)15(12)18-25-13-1-2-22-17(16(13)28-18)26-14-5-11(7-27)23-8-24-14;1-2-6-4-3-5-1;/h1-5,8,27H,7H2,(H,22,23,24,26);1-4H2;1H. The molecule has 1 saturated heterocycles. The largest absolute Gasteiger partial charge is 0.390 e. The van der Waals surface area contributed by atoms with Crippen molar-refractivity contribution in [1.29, 1.82) is 5.26 Å². The summed E-state index contributed by atoms with van der Waals surface area (Å²) in [6.45, 7) is 2.90. The van der Waals surface area contributed by atoms with E-state index in [0.29, 0.717) is 38.1 Å². The van der Waals surface area contributed by atoms with Gasteiger partial charge in [0, 0.05) is 17.8 Å². The highest BCUT2D eigenvalue weighted by Gasteiger charge is 2.18. The Balaban J connectivity index is 0.000000429. The first-order valence-electron chi connectivity index (χ1n) is 10.1. The number of fused-ring (bicyclic) bond motifs is 1. The molecule has 0 unspecified atom stereocenters. The normalized spacial score (nSPS) is 12.7. The van der Waals surface area contributed by atoms with E-state index in [2.05, 4.69) is 25.3 Å². The van der Waals surface area contributed by atoms with Crippen molar-refractivity contribution in [2.75, 3.05) is 31.7 Å². The summed E-state index contributed by atoms with van der Waals surface area (Å²) in [7, 11) is 0. The van der Waals surface area contributed by atoms with Crippen molar-refractivity contribution in [3.05, 3.63) is 58.9 Å². The first-order chi connectivity index (χ1) is 16.6. The maximum Gasteiger partial charge on any atom is 0.151 e. The number of thiazole rings is 1. The lowest BCUT2D eigenvalue weighted by Crippen LogP contribution is -2.16. The van der Waals surface area contributed by atoms with Gasteiger partial charge in [0.15, 0.2) is 5.82 Å². The Morgan fingerprint density at radius 1 is 1.14 bits per heavy atom. The molecular weight excluding hydrogens is 518 g/mol. The number of aliphatic hydroxyl groups excluding tert-OH is 1. The van der Waals surface area contributed by atoms with Crippen molar-refractivity contribution in [3.8, 4) is 16.6 Å². The van der Waals surface area contributed by atoms with E-state index in [-0.39, 0.29) is 29.6 Å². The van der Waals surface area contributed by atoms with E-state index >= 15 is 0 Å². The van der Waals surface area contributed by atoms with Gasteiger partial charge in [-0.05, 0) is 18.2 Å². The van der Waals surface area contributed by atoms with Crippen LogP contribution in [0.2, 0.25) is 5.02 Å². The number of aliphatic hydroxyl groups is 1. The maximum absolute atomic E-state index is 13.6. The van der Waals surface area contributed by atoms with E-state index in [1.807, 2.05) is 6.07 Å². The highest BCUT2D eigenvalue weighted by atomic mass is 35.5. The van der Waals surface area contributed by atoms with Crippen LogP contribution in [0.15, 0.2) is 36.8 Å². The summed E-state index contributed by atoms with van der Waals surface area (Å²) < 4.78 is 24.2. The van der Waals surface area contributed by atoms with Gasteiger partial charge in [-0.2, -0.15) is 5.26 Å². The minimum atomic E-state index is -0.584. The summed E-state index contributed by atoms with van der Waals surface area (Å²) >= 11 is 7.45. The molecule has 1 aliphatic rings. The molecule has 5 rings (SSSR count). The molecule has 0 saturated carbocycles. The quantitative estimate of drug-likeness (QED) is 0.387. The number of rotatable bonds is 4. The lowest BCUT2D eigenvalue weighted by molar-refractivity contribution is -0.0334. The van der Waals surface area contributed by atoms with Crippen LogP contribution in [0.5, 0.6) is 0 Å². The van der Waals surface area contributed by atoms with Gasteiger partial charge in [-0.15, -0.1) is 23.7 Å². The predicted molar refractivity (Wildman–Crippen MR) is 133 cm³/mol. The van der Waals surface area contributed by atoms with Crippen LogP contribution >= 0.6 is 35.3 Å². The third kappa shape index (κ3) is 6.58. The zero-order valence-corrected chi connectivity index (χ0v) is 20.5. The minimum Gasteiger partial charge on any atom is -0.390 e.